The highest BCUT2D eigenvalue weighted by Gasteiger charge is 2.21. The normalized spacial score (nSPS) is 13.7. The van der Waals surface area contributed by atoms with E-state index < -0.39 is 18.0 Å². The van der Waals surface area contributed by atoms with Gasteiger partial charge < -0.3 is 15.6 Å². The zero-order valence-electron chi connectivity index (χ0n) is 10.0. The van der Waals surface area contributed by atoms with E-state index in [0.29, 0.717) is 12.0 Å². The molecule has 3 N–H and O–H groups in total. The average Bonchev–Trinajstić information content (AvgIpc) is 2.29. The molecule has 0 radical (unpaired) electrons. The van der Waals surface area contributed by atoms with E-state index in [0.717, 1.165) is 6.42 Å². The molecule has 98 valence electrons. The molecular weight excluding hydrogens is 245 g/mol. The highest BCUT2D eigenvalue weighted by atomic mass is 35.5. The molecule has 3 nitrogen and oxygen atoms in total. The molecule has 0 aliphatic carbocycles. The van der Waals surface area contributed by atoms with Crippen LogP contribution in [0.4, 0.5) is 4.39 Å². The summed E-state index contributed by atoms with van der Waals surface area (Å²) in [6.07, 6.45) is 0.629. The fourth-order valence-corrected chi connectivity index (χ4v) is 1.63. The summed E-state index contributed by atoms with van der Waals surface area (Å²) >= 11 is 0. The van der Waals surface area contributed by atoms with Gasteiger partial charge in [0.1, 0.15) is 0 Å². The first kappa shape index (κ1) is 16.2. The van der Waals surface area contributed by atoms with Crippen molar-refractivity contribution in [2.24, 2.45) is 5.73 Å². The number of hydrogen-bond acceptors (Lipinski definition) is 3. The summed E-state index contributed by atoms with van der Waals surface area (Å²) in [5.74, 6) is -0.343. The van der Waals surface area contributed by atoms with Gasteiger partial charge in [0.05, 0.1) is 19.3 Å². The van der Waals surface area contributed by atoms with Gasteiger partial charge in [-0.1, -0.05) is 25.5 Å². The van der Waals surface area contributed by atoms with E-state index in [9.17, 15) is 9.50 Å². The fourth-order valence-electron chi connectivity index (χ4n) is 1.63. The standard InChI is InChI=1S/C12H18FNO2.ClH/c1-3-5-9(15)12(14)8-6-4-7-10(16-2)11(8)13;/h4,6-7,9,12,15H,3,5,14H2,1-2H3;1H/t9-,12+;/m0./s1. The molecule has 0 heterocycles. The number of methoxy groups -OCH3 is 1. The van der Waals surface area contributed by atoms with Crippen molar-refractivity contribution in [3.63, 3.8) is 0 Å². The predicted molar refractivity (Wildman–Crippen MR) is 68.0 cm³/mol. The summed E-state index contributed by atoms with van der Waals surface area (Å²) in [5, 5.41) is 9.73. The Hall–Kier alpha value is -0.840. The fraction of sp³-hybridized carbons (Fsp3) is 0.500. The smallest absolute Gasteiger partial charge is 0.169 e. The van der Waals surface area contributed by atoms with Crippen LogP contribution in [0.3, 0.4) is 0 Å². The van der Waals surface area contributed by atoms with Crippen molar-refractivity contribution >= 4 is 12.4 Å². The van der Waals surface area contributed by atoms with Gasteiger partial charge in [-0.05, 0) is 12.5 Å². The number of rotatable bonds is 5. The minimum Gasteiger partial charge on any atom is -0.494 e. The molecule has 0 spiro atoms. The van der Waals surface area contributed by atoms with Crippen molar-refractivity contribution in [3.8, 4) is 5.75 Å². The lowest BCUT2D eigenvalue weighted by atomic mass is 9.98. The van der Waals surface area contributed by atoms with E-state index in [1.54, 1.807) is 12.1 Å². The first-order valence-corrected chi connectivity index (χ1v) is 5.37. The summed E-state index contributed by atoms with van der Waals surface area (Å²) in [6.45, 7) is 1.94. The number of aliphatic hydroxyl groups is 1. The van der Waals surface area contributed by atoms with E-state index in [-0.39, 0.29) is 18.2 Å². The molecule has 0 fully saturated rings. The Bertz CT molecular complexity index is 349. The second-order valence-corrected chi connectivity index (χ2v) is 3.75. The number of nitrogens with two attached hydrogens (primary N) is 1. The lowest BCUT2D eigenvalue weighted by molar-refractivity contribution is 0.132. The molecule has 0 unspecified atom stereocenters. The molecular formula is C12H19ClFNO2. The summed E-state index contributed by atoms with van der Waals surface area (Å²) in [7, 11) is 1.40. The molecule has 0 aliphatic rings. The van der Waals surface area contributed by atoms with Crippen LogP contribution in [-0.4, -0.2) is 18.3 Å². The number of hydrogen-bond donors (Lipinski definition) is 2. The number of halogens is 2. The lowest BCUT2D eigenvalue weighted by Gasteiger charge is -2.19. The minimum absolute atomic E-state index is 0. The highest BCUT2D eigenvalue weighted by molar-refractivity contribution is 5.85. The maximum Gasteiger partial charge on any atom is 0.169 e. The van der Waals surface area contributed by atoms with Gasteiger partial charge >= 0.3 is 0 Å². The van der Waals surface area contributed by atoms with Crippen molar-refractivity contribution in [1.82, 2.24) is 0 Å². The molecule has 0 saturated carbocycles. The molecule has 1 aromatic rings. The van der Waals surface area contributed by atoms with Gasteiger partial charge in [-0.25, -0.2) is 4.39 Å². The molecule has 0 saturated heterocycles. The monoisotopic (exact) mass is 263 g/mol. The van der Waals surface area contributed by atoms with Crippen molar-refractivity contribution in [2.45, 2.75) is 31.9 Å². The van der Waals surface area contributed by atoms with E-state index in [1.165, 1.54) is 13.2 Å². The minimum atomic E-state index is -0.730. The van der Waals surface area contributed by atoms with Crippen LogP contribution in [0.15, 0.2) is 18.2 Å². The lowest BCUT2D eigenvalue weighted by Crippen LogP contribution is -2.27. The number of ether oxygens (including phenoxy) is 1. The Morgan fingerprint density at radius 1 is 1.47 bits per heavy atom. The van der Waals surface area contributed by atoms with Crippen molar-refractivity contribution in [3.05, 3.63) is 29.6 Å². The van der Waals surface area contributed by atoms with Crippen molar-refractivity contribution < 1.29 is 14.2 Å². The zero-order chi connectivity index (χ0) is 12.1. The van der Waals surface area contributed by atoms with Gasteiger partial charge in [-0.3, -0.25) is 0 Å². The second kappa shape index (κ2) is 7.48. The Balaban J connectivity index is 0.00000256. The van der Waals surface area contributed by atoms with E-state index in [2.05, 4.69) is 0 Å². The van der Waals surface area contributed by atoms with Crippen LogP contribution in [0.5, 0.6) is 5.75 Å². The Labute approximate surface area is 107 Å². The Kier molecular flexibility index (Phi) is 7.11. The first-order valence-electron chi connectivity index (χ1n) is 5.37. The topological polar surface area (TPSA) is 55.5 Å². The third-order valence-corrected chi connectivity index (χ3v) is 2.57. The molecule has 0 aliphatic heterocycles. The SMILES string of the molecule is CCC[C@H](O)[C@H](N)c1cccc(OC)c1F.Cl. The first-order chi connectivity index (χ1) is 7.61. The van der Waals surface area contributed by atoms with Gasteiger partial charge in [-0.2, -0.15) is 0 Å². The van der Waals surface area contributed by atoms with E-state index in [1.807, 2.05) is 6.92 Å². The van der Waals surface area contributed by atoms with Crippen LogP contribution in [0.1, 0.15) is 31.4 Å². The van der Waals surface area contributed by atoms with Gasteiger partial charge in [0.25, 0.3) is 0 Å². The quantitative estimate of drug-likeness (QED) is 0.858. The van der Waals surface area contributed by atoms with Gasteiger partial charge in [-0.15, -0.1) is 12.4 Å². The number of aliphatic hydroxyl groups excluding tert-OH is 1. The summed E-state index contributed by atoms with van der Waals surface area (Å²) < 4.78 is 18.7. The van der Waals surface area contributed by atoms with Crippen LogP contribution >= 0.6 is 12.4 Å². The molecule has 2 atom stereocenters. The molecule has 1 rings (SSSR count). The Morgan fingerprint density at radius 2 is 2.12 bits per heavy atom. The Morgan fingerprint density at radius 3 is 2.65 bits per heavy atom. The van der Waals surface area contributed by atoms with Crippen LogP contribution in [0, 0.1) is 5.82 Å². The van der Waals surface area contributed by atoms with Gasteiger partial charge in [0, 0.05) is 5.56 Å². The average molecular weight is 264 g/mol. The van der Waals surface area contributed by atoms with E-state index in [4.69, 9.17) is 10.5 Å². The van der Waals surface area contributed by atoms with E-state index >= 15 is 0 Å². The van der Waals surface area contributed by atoms with Crippen molar-refractivity contribution in [2.75, 3.05) is 7.11 Å². The molecule has 0 bridgehead atoms. The van der Waals surface area contributed by atoms with Gasteiger partial charge in [0.2, 0.25) is 0 Å². The third kappa shape index (κ3) is 3.84. The van der Waals surface area contributed by atoms with Crippen LogP contribution in [-0.2, 0) is 0 Å². The number of benzene rings is 1. The largest absolute Gasteiger partial charge is 0.494 e. The molecule has 17 heavy (non-hydrogen) atoms. The zero-order valence-corrected chi connectivity index (χ0v) is 10.8. The highest BCUT2D eigenvalue weighted by Crippen LogP contribution is 2.26. The van der Waals surface area contributed by atoms with Crippen LogP contribution in [0.25, 0.3) is 0 Å². The van der Waals surface area contributed by atoms with Crippen LogP contribution in [0.2, 0.25) is 0 Å². The maximum absolute atomic E-state index is 13.8. The van der Waals surface area contributed by atoms with Crippen molar-refractivity contribution in [1.29, 1.82) is 0 Å². The summed E-state index contributed by atoms with van der Waals surface area (Å²) in [5.41, 5.74) is 6.10. The molecule has 0 amide bonds. The summed E-state index contributed by atoms with van der Waals surface area (Å²) in [4.78, 5) is 0. The van der Waals surface area contributed by atoms with Crippen LogP contribution < -0.4 is 10.5 Å². The third-order valence-electron chi connectivity index (χ3n) is 2.57. The summed E-state index contributed by atoms with van der Waals surface area (Å²) in [6, 6.07) is 4.05. The molecule has 5 heteroatoms. The molecule has 1 aromatic carbocycles. The second-order valence-electron chi connectivity index (χ2n) is 3.75. The predicted octanol–water partition coefficient (Wildman–Crippen LogP) is 2.42. The maximum atomic E-state index is 13.8. The molecule has 0 aromatic heterocycles. The van der Waals surface area contributed by atoms with Gasteiger partial charge in [0.15, 0.2) is 11.6 Å².